The van der Waals surface area contributed by atoms with Crippen LogP contribution >= 0.6 is 0 Å². The summed E-state index contributed by atoms with van der Waals surface area (Å²) in [7, 11) is 1.87. The number of aliphatic imine (C=N–C) groups is 1. The van der Waals surface area contributed by atoms with Gasteiger partial charge in [0, 0.05) is 25.7 Å². The summed E-state index contributed by atoms with van der Waals surface area (Å²) in [5.74, 6) is 1.78. The van der Waals surface area contributed by atoms with Gasteiger partial charge in [0.05, 0.1) is 0 Å². The summed E-state index contributed by atoms with van der Waals surface area (Å²) in [6, 6.07) is 1.32. The van der Waals surface area contributed by atoms with Crippen LogP contribution in [0.5, 0.6) is 0 Å². The lowest BCUT2D eigenvalue weighted by molar-refractivity contribution is 0.166. The van der Waals surface area contributed by atoms with Crippen LogP contribution in [0.25, 0.3) is 0 Å². The van der Waals surface area contributed by atoms with Crippen molar-refractivity contribution < 1.29 is 0 Å². The van der Waals surface area contributed by atoms with Crippen molar-refractivity contribution in [3.63, 3.8) is 0 Å². The maximum absolute atomic E-state index is 4.35. The first-order valence-electron chi connectivity index (χ1n) is 8.49. The zero-order chi connectivity index (χ0) is 14.4. The van der Waals surface area contributed by atoms with Crippen LogP contribution in [0.2, 0.25) is 0 Å². The van der Waals surface area contributed by atoms with Gasteiger partial charge in [-0.25, -0.2) is 0 Å². The Balaban J connectivity index is 1.88. The fourth-order valence-corrected chi connectivity index (χ4v) is 3.32. The smallest absolute Gasteiger partial charge is 0.191 e. The highest BCUT2D eigenvalue weighted by atomic mass is 15.2. The number of likely N-dealkylation sites (tertiary alicyclic amines) is 1. The molecule has 1 aliphatic heterocycles. The van der Waals surface area contributed by atoms with Crippen LogP contribution in [0.4, 0.5) is 0 Å². The van der Waals surface area contributed by atoms with Gasteiger partial charge >= 0.3 is 0 Å². The van der Waals surface area contributed by atoms with Crippen molar-refractivity contribution in [3.05, 3.63) is 0 Å². The van der Waals surface area contributed by atoms with Crippen molar-refractivity contribution in [2.45, 2.75) is 64.5 Å². The summed E-state index contributed by atoms with van der Waals surface area (Å²) < 4.78 is 0. The summed E-state index contributed by atoms with van der Waals surface area (Å²) in [6.45, 7) is 8.23. The number of hydrogen-bond donors (Lipinski definition) is 2. The number of nitrogens with one attached hydrogen (secondary N) is 2. The predicted molar refractivity (Wildman–Crippen MR) is 86.2 cm³/mol. The van der Waals surface area contributed by atoms with E-state index in [0.29, 0.717) is 12.1 Å². The third-order valence-corrected chi connectivity index (χ3v) is 4.82. The number of rotatable bonds is 7. The van der Waals surface area contributed by atoms with Gasteiger partial charge in [0.2, 0.25) is 0 Å². The number of hydrogen-bond acceptors (Lipinski definition) is 2. The van der Waals surface area contributed by atoms with E-state index in [2.05, 4.69) is 34.4 Å². The minimum atomic E-state index is 0.658. The fourth-order valence-electron chi connectivity index (χ4n) is 3.32. The van der Waals surface area contributed by atoms with Gasteiger partial charge in [-0.15, -0.1) is 0 Å². The Morgan fingerprint density at radius 3 is 2.35 bits per heavy atom. The molecule has 2 rings (SSSR count). The number of guanidine groups is 1. The van der Waals surface area contributed by atoms with Crippen LogP contribution in [-0.4, -0.2) is 49.6 Å². The normalized spacial score (nSPS) is 22.3. The number of nitrogens with zero attached hydrogens (tertiary/aromatic N) is 2. The second-order valence-electron chi connectivity index (χ2n) is 6.26. The molecule has 0 aromatic heterocycles. The molecular formula is C16H32N4. The lowest BCUT2D eigenvalue weighted by Gasteiger charge is -2.34. The molecule has 4 nitrogen and oxygen atoms in total. The predicted octanol–water partition coefficient (Wildman–Crippen LogP) is 2.21. The van der Waals surface area contributed by atoms with Crippen molar-refractivity contribution in [1.82, 2.24) is 15.5 Å². The zero-order valence-electron chi connectivity index (χ0n) is 13.5. The van der Waals surface area contributed by atoms with Gasteiger partial charge in [-0.2, -0.15) is 0 Å². The Morgan fingerprint density at radius 2 is 1.85 bits per heavy atom. The van der Waals surface area contributed by atoms with Gasteiger partial charge in [0.1, 0.15) is 0 Å². The van der Waals surface area contributed by atoms with Gasteiger partial charge in [-0.3, -0.25) is 9.89 Å². The van der Waals surface area contributed by atoms with Crippen LogP contribution < -0.4 is 10.6 Å². The van der Waals surface area contributed by atoms with Gasteiger partial charge in [-0.1, -0.05) is 26.7 Å². The Labute approximate surface area is 124 Å². The Hall–Kier alpha value is -0.770. The second kappa shape index (κ2) is 7.87. The van der Waals surface area contributed by atoms with Gasteiger partial charge < -0.3 is 10.6 Å². The van der Waals surface area contributed by atoms with Crippen molar-refractivity contribution in [2.75, 3.05) is 26.7 Å². The first-order chi connectivity index (χ1) is 9.78. The molecule has 1 heterocycles. The topological polar surface area (TPSA) is 39.7 Å². The molecule has 1 aliphatic carbocycles. The molecule has 1 atom stereocenters. The minimum absolute atomic E-state index is 0.658. The van der Waals surface area contributed by atoms with Crippen molar-refractivity contribution in [2.24, 2.45) is 10.9 Å². The molecule has 4 heteroatoms. The molecule has 0 bridgehead atoms. The molecule has 20 heavy (non-hydrogen) atoms. The van der Waals surface area contributed by atoms with Crippen LogP contribution in [-0.2, 0) is 0 Å². The molecule has 0 aromatic rings. The van der Waals surface area contributed by atoms with E-state index in [1.54, 1.807) is 0 Å². The van der Waals surface area contributed by atoms with Gasteiger partial charge in [-0.05, 0) is 44.7 Å². The summed E-state index contributed by atoms with van der Waals surface area (Å²) in [6.07, 6.45) is 7.87. The molecule has 0 amide bonds. The molecule has 1 unspecified atom stereocenters. The Kier molecular flexibility index (Phi) is 6.14. The average molecular weight is 280 g/mol. The molecule has 2 fully saturated rings. The summed E-state index contributed by atoms with van der Waals surface area (Å²) in [5, 5.41) is 7.05. The van der Waals surface area contributed by atoms with E-state index < -0.39 is 0 Å². The van der Waals surface area contributed by atoms with E-state index >= 15 is 0 Å². The average Bonchev–Trinajstić information content (AvgIpc) is 3.12. The van der Waals surface area contributed by atoms with E-state index in [9.17, 15) is 0 Å². The minimum Gasteiger partial charge on any atom is -0.355 e. The lowest BCUT2D eigenvalue weighted by atomic mass is 9.93. The first kappa shape index (κ1) is 15.6. The fraction of sp³-hybridized carbons (Fsp3) is 0.938. The Morgan fingerprint density at radius 1 is 1.20 bits per heavy atom. The van der Waals surface area contributed by atoms with E-state index in [1.807, 2.05) is 7.05 Å². The van der Waals surface area contributed by atoms with E-state index in [-0.39, 0.29) is 0 Å². The van der Waals surface area contributed by atoms with Crippen LogP contribution in [0.3, 0.4) is 0 Å². The highest BCUT2D eigenvalue weighted by Gasteiger charge is 2.28. The maximum Gasteiger partial charge on any atom is 0.191 e. The van der Waals surface area contributed by atoms with Crippen LogP contribution in [0.1, 0.15) is 52.4 Å². The maximum atomic E-state index is 4.35. The van der Waals surface area contributed by atoms with Crippen molar-refractivity contribution in [3.8, 4) is 0 Å². The standard InChI is InChI=1S/C16H32N4/c1-4-13(5-2)15(20-10-6-7-11-20)12-18-16(17-3)19-14-8-9-14/h13-15H,4-12H2,1-3H3,(H2,17,18,19). The van der Waals surface area contributed by atoms with Gasteiger partial charge in [0.15, 0.2) is 5.96 Å². The lowest BCUT2D eigenvalue weighted by Crippen LogP contribution is -2.49. The third-order valence-electron chi connectivity index (χ3n) is 4.82. The molecule has 1 saturated heterocycles. The third kappa shape index (κ3) is 4.37. The molecule has 2 aliphatic rings. The largest absolute Gasteiger partial charge is 0.355 e. The van der Waals surface area contributed by atoms with Gasteiger partial charge in [0.25, 0.3) is 0 Å². The molecule has 0 aromatic carbocycles. The summed E-state index contributed by atoms with van der Waals surface area (Å²) in [4.78, 5) is 7.04. The summed E-state index contributed by atoms with van der Waals surface area (Å²) >= 11 is 0. The second-order valence-corrected chi connectivity index (χ2v) is 6.26. The molecule has 1 saturated carbocycles. The molecule has 0 radical (unpaired) electrons. The first-order valence-corrected chi connectivity index (χ1v) is 8.49. The molecule has 0 spiro atoms. The van der Waals surface area contributed by atoms with E-state index in [4.69, 9.17) is 0 Å². The Bertz CT molecular complexity index is 300. The molecule has 2 N–H and O–H groups in total. The van der Waals surface area contributed by atoms with Crippen LogP contribution in [0, 0.1) is 5.92 Å². The summed E-state index contributed by atoms with van der Waals surface area (Å²) in [5.41, 5.74) is 0. The quantitative estimate of drug-likeness (QED) is 0.555. The highest BCUT2D eigenvalue weighted by Crippen LogP contribution is 2.22. The monoisotopic (exact) mass is 280 g/mol. The van der Waals surface area contributed by atoms with Crippen molar-refractivity contribution >= 4 is 5.96 Å². The molecular weight excluding hydrogens is 248 g/mol. The molecule has 116 valence electrons. The van der Waals surface area contributed by atoms with Crippen molar-refractivity contribution in [1.29, 1.82) is 0 Å². The SMILES string of the molecule is CCC(CC)C(CNC(=NC)NC1CC1)N1CCCC1. The highest BCUT2D eigenvalue weighted by molar-refractivity contribution is 5.80. The zero-order valence-corrected chi connectivity index (χ0v) is 13.5. The van der Waals surface area contributed by atoms with E-state index in [1.165, 1.54) is 51.6 Å². The van der Waals surface area contributed by atoms with E-state index in [0.717, 1.165) is 18.4 Å². The van der Waals surface area contributed by atoms with Crippen LogP contribution in [0.15, 0.2) is 4.99 Å².